The molecule has 5 nitrogen and oxygen atoms in total. The van der Waals surface area contributed by atoms with Crippen molar-refractivity contribution in [2.45, 2.75) is 6.54 Å². The molecule has 0 atom stereocenters. The zero-order chi connectivity index (χ0) is 13.3. The highest BCUT2D eigenvalue weighted by molar-refractivity contribution is 5.88. The average Bonchev–Trinajstić information content (AvgIpc) is 2.63. The van der Waals surface area contributed by atoms with Gasteiger partial charge in [-0.05, 0) is 6.07 Å². The van der Waals surface area contributed by atoms with Crippen LogP contribution < -0.4 is 5.69 Å². The summed E-state index contributed by atoms with van der Waals surface area (Å²) in [5.74, 6) is -2.13. The van der Waals surface area contributed by atoms with E-state index >= 15 is 0 Å². The van der Waals surface area contributed by atoms with Crippen molar-refractivity contribution in [3.63, 3.8) is 0 Å². The Morgan fingerprint density at radius 3 is 2.67 bits per heavy atom. The van der Waals surface area contributed by atoms with Gasteiger partial charge >= 0.3 is 11.7 Å². The Morgan fingerprint density at radius 1 is 1.39 bits per heavy atom. The molecule has 0 aliphatic carbocycles. The van der Waals surface area contributed by atoms with Crippen LogP contribution in [0.25, 0.3) is 0 Å². The second-order valence-electron chi connectivity index (χ2n) is 3.90. The van der Waals surface area contributed by atoms with Gasteiger partial charge in [-0.2, -0.15) is 0 Å². The Balaban J connectivity index is 2.41. The Labute approximate surface area is 102 Å². The Hall–Kier alpha value is -2.37. The standard InChI is InChI=1S/C12H11FN2O3/c1-14-5-6-15(12(14)18)7-8-3-2-4-9(10(8)13)11(16)17/h2-6H,7H2,1H3,(H,16,17). The number of hydrogen-bond acceptors (Lipinski definition) is 2. The Morgan fingerprint density at radius 2 is 2.11 bits per heavy atom. The number of imidazole rings is 1. The molecule has 1 N–H and O–H groups in total. The summed E-state index contributed by atoms with van der Waals surface area (Å²) < 4.78 is 16.5. The lowest BCUT2D eigenvalue weighted by atomic mass is 10.1. The first-order valence-corrected chi connectivity index (χ1v) is 5.23. The van der Waals surface area contributed by atoms with E-state index in [1.54, 1.807) is 13.2 Å². The van der Waals surface area contributed by atoms with E-state index in [4.69, 9.17) is 5.11 Å². The van der Waals surface area contributed by atoms with Crippen molar-refractivity contribution in [1.29, 1.82) is 0 Å². The summed E-state index contributed by atoms with van der Waals surface area (Å²) in [5.41, 5.74) is -0.505. The van der Waals surface area contributed by atoms with Crippen molar-refractivity contribution in [3.8, 4) is 0 Å². The molecule has 0 aliphatic heterocycles. The monoisotopic (exact) mass is 250 g/mol. The second-order valence-corrected chi connectivity index (χ2v) is 3.90. The smallest absolute Gasteiger partial charge is 0.338 e. The summed E-state index contributed by atoms with van der Waals surface area (Å²) in [4.78, 5) is 22.4. The third-order valence-electron chi connectivity index (χ3n) is 2.67. The van der Waals surface area contributed by atoms with Gasteiger partial charge in [0.1, 0.15) is 5.82 Å². The fourth-order valence-electron chi connectivity index (χ4n) is 1.68. The third-order valence-corrected chi connectivity index (χ3v) is 2.67. The van der Waals surface area contributed by atoms with Crippen molar-refractivity contribution < 1.29 is 14.3 Å². The summed E-state index contributed by atoms with van der Waals surface area (Å²) >= 11 is 0. The molecule has 0 amide bonds. The van der Waals surface area contributed by atoms with E-state index < -0.39 is 17.3 Å². The first-order valence-electron chi connectivity index (χ1n) is 5.23. The van der Waals surface area contributed by atoms with Crippen LogP contribution in [-0.4, -0.2) is 20.2 Å². The summed E-state index contributed by atoms with van der Waals surface area (Å²) in [6.45, 7) is 0.00657. The van der Waals surface area contributed by atoms with Crippen LogP contribution in [0.1, 0.15) is 15.9 Å². The molecular formula is C12H11FN2O3. The van der Waals surface area contributed by atoms with Crippen LogP contribution in [0.3, 0.4) is 0 Å². The Bertz CT molecular complexity index is 658. The maximum atomic E-state index is 13.8. The maximum Gasteiger partial charge on any atom is 0.338 e. The topological polar surface area (TPSA) is 64.2 Å². The molecule has 1 aromatic carbocycles. The molecular weight excluding hydrogens is 239 g/mol. The zero-order valence-corrected chi connectivity index (χ0v) is 9.63. The highest BCUT2D eigenvalue weighted by Crippen LogP contribution is 2.13. The highest BCUT2D eigenvalue weighted by atomic mass is 19.1. The summed E-state index contributed by atoms with van der Waals surface area (Å²) in [6, 6.07) is 4.10. The van der Waals surface area contributed by atoms with Gasteiger partial charge in [0, 0.05) is 25.0 Å². The molecule has 0 bridgehead atoms. The van der Waals surface area contributed by atoms with E-state index in [0.717, 1.165) is 0 Å². The maximum absolute atomic E-state index is 13.8. The predicted molar refractivity (Wildman–Crippen MR) is 62.1 cm³/mol. The van der Waals surface area contributed by atoms with E-state index in [1.165, 1.54) is 33.5 Å². The van der Waals surface area contributed by atoms with Crippen molar-refractivity contribution >= 4 is 5.97 Å². The molecule has 0 radical (unpaired) electrons. The van der Waals surface area contributed by atoms with Crippen molar-refractivity contribution in [2.24, 2.45) is 7.05 Å². The van der Waals surface area contributed by atoms with Gasteiger partial charge in [0.15, 0.2) is 0 Å². The minimum Gasteiger partial charge on any atom is -0.478 e. The summed E-state index contributed by atoms with van der Waals surface area (Å²) in [6.07, 6.45) is 3.08. The predicted octanol–water partition coefficient (Wildman–Crippen LogP) is 1.07. The van der Waals surface area contributed by atoms with Gasteiger partial charge < -0.3 is 9.67 Å². The number of aromatic nitrogens is 2. The fraction of sp³-hybridized carbons (Fsp3) is 0.167. The largest absolute Gasteiger partial charge is 0.478 e. The van der Waals surface area contributed by atoms with E-state index in [1.807, 2.05) is 0 Å². The summed E-state index contributed by atoms with van der Waals surface area (Å²) in [7, 11) is 1.59. The number of carboxylic acids is 1. The minimum absolute atomic E-state index is 0.00657. The van der Waals surface area contributed by atoms with Crippen LogP contribution in [0.2, 0.25) is 0 Å². The molecule has 0 aliphatic rings. The molecule has 0 saturated carbocycles. The number of halogens is 1. The third kappa shape index (κ3) is 2.04. The number of aryl methyl sites for hydroxylation is 1. The van der Waals surface area contributed by atoms with Crippen molar-refractivity contribution in [2.75, 3.05) is 0 Å². The van der Waals surface area contributed by atoms with Crippen LogP contribution >= 0.6 is 0 Å². The number of carbonyl (C=O) groups is 1. The molecule has 6 heteroatoms. The molecule has 0 unspecified atom stereocenters. The van der Waals surface area contributed by atoms with Gasteiger partial charge in [-0.25, -0.2) is 14.0 Å². The average molecular weight is 250 g/mol. The Kier molecular flexibility index (Phi) is 3.01. The fourth-order valence-corrected chi connectivity index (χ4v) is 1.68. The molecule has 0 spiro atoms. The van der Waals surface area contributed by atoms with Gasteiger partial charge in [0.2, 0.25) is 0 Å². The normalized spacial score (nSPS) is 10.6. The van der Waals surface area contributed by atoms with E-state index in [0.29, 0.717) is 0 Å². The van der Waals surface area contributed by atoms with Crippen LogP contribution in [0.15, 0.2) is 35.4 Å². The quantitative estimate of drug-likeness (QED) is 0.886. The van der Waals surface area contributed by atoms with Crippen molar-refractivity contribution in [1.82, 2.24) is 9.13 Å². The number of rotatable bonds is 3. The molecule has 0 saturated heterocycles. The minimum atomic E-state index is -1.32. The lowest BCUT2D eigenvalue weighted by Gasteiger charge is -2.05. The first-order chi connectivity index (χ1) is 8.50. The second kappa shape index (κ2) is 4.48. The van der Waals surface area contributed by atoms with Crippen molar-refractivity contribution in [3.05, 3.63) is 58.0 Å². The molecule has 1 aromatic heterocycles. The number of aromatic carboxylic acids is 1. The zero-order valence-electron chi connectivity index (χ0n) is 9.63. The molecule has 94 valence electrons. The summed E-state index contributed by atoms with van der Waals surface area (Å²) in [5, 5.41) is 8.80. The van der Waals surface area contributed by atoms with Crippen LogP contribution in [0.5, 0.6) is 0 Å². The van der Waals surface area contributed by atoms with Gasteiger partial charge in [-0.15, -0.1) is 0 Å². The molecule has 1 heterocycles. The molecule has 2 rings (SSSR count). The number of nitrogens with zero attached hydrogens (tertiary/aromatic N) is 2. The van der Waals surface area contributed by atoms with E-state index in [-0.39, 0.29) is 17.8 Å². The van der Waals surface area contributed by atoms with E-state index in [9.17, 15) is 14.0 Å². The van der Waals surface area contributed by atoms with Crippen LogP contribution in [0.4, 0.5) is 4.39 Å². The van der Waals surface area contributed by atoms with Gasteiger partial charge in [0.05, 0.1) is 12.1 Å². The van der Waals surface area contributed by atoms with Crippen LogP contribution in [-0.2, 0) is 13.6 Å². The van der Waals surface area contributed by atoms with Gasteiger partial charge in [-0.3, -0.25) is 4.57 Å². The first kappa shape index (κ1) is 12.1. The van der Waals surface area contributed by atoms with E-state index in [2.05, 4.69) is 0 Å². The van der Waals surface area contributed by atoms with Crippen LogP contribution in [0, 0.1) is 5.82 Å². The number of hydrogen-bond donors (Lipinski definition) is 1. The van der Waals surface area contributed by atoms with Gasteiger partial charge in [-0.1, -0.05) is 12.1 Å². The number of carboxylic acid groups (broad SMARTS) is 1. The lowest BCUT2D eigenvalue weighted by molar-refractivity contribution is 0.0691. The highest BCUT2D eigenvalue weighted by Gasteiger charge is 2.14. The molecule has 18 heavy (non-hydrogen) atoms. The number of benzene rings is 1. The molecule has 2 aromatic rings. The molecule has 0 fully saturated rings. The lowest BCUT2D eigenvalue weighted by Crippen LogP contribution is -2.22. The van der Waals surface area contributed by atoms with Gasteiger partial charge in [0.25, 0.3) is 0 Å². The SMILES string of the molecule is Cn1ccn(Cc2cccc(C(=O)O)c2F)c1=O.